The van der Waals surface area contributed by atoms with Crippen LogP contribution >= 0.6 is 0 Å². The first-order valence-electron chi connectivity index (χ1n) is 7.42. The van der Waals surface area contributed by atoms with Crippen LogP contribution in [0.2, 0.25) is 0 Å². The average molecular weight is 290 g/mol. The summed E-state index contributed by atoms with van der Waals surface area (Å²) in [7, 11) is -3.18. The summed E-state index contributed by atoms with van der Waals surface area (Å²) in [5, 5.41) is 0. The molecule has 0 amide bonds. The number of nitrogens with two attached hydrogens (primary N) is 1. The zero-order chi connectivity index (χ0) is 14.7. The molecule has 0 aromatic rings. The van der Waals surface area contributed by atoms with Crippen molar-refractivity contribution in [3.63, 3.8) is 0 Å². The third-order valence-electron chi connectivity index (χ3n) is 4.38. The fourth-order valence-electron chi connectivity index (χ4n) is 2.71. The third-order valence-corrected chi connectivity index (χ3v) is 6.38. The number of nitrogens with zero attached hydrogens (tertiary/aromatic N) is 1. The summed E-state index contributed by atoms with van der Waals surface area (Å²) in [5.41, 5.74) is 6.25. The number of sulfonamides is 1. The molecule has 0 bridgehead atoms. The quantitative estimate of drug-likeness (QED) is 0.815. The third kappa shape index (κ3) is 5.04. The lowest BCUT2D eigenvalue weighted by Crippen LogP contribution is -2.45. The molecule has 1 fully saturated rings. The molecule has 4 nitrogen and oxygen atoms in total. The van der Waals surface area contributed by atoms with Crippen LogP contribution < -0.4 is 5.73 Å². The number of rotatable bonds is 6. The van der Waals surface area contributed by atoms with Crippen LogP contribution in [0.5, 0.6) is 0 Å². The molecule has 2 N–H and O–H groups in total. The van der Waals surface area contributed by atoms with Crippen molar-refractivity contribution in [2.45, 2.75) is 59.4 Å². The predicted molar refractivity (Wildman–Crippen MR) is 80.4 cm³/mol. The first kappa shape index (κ1) is 16.9. The molecule has 0 radical (unpaired) electrons. The minimum atomic E-state index is -3.18. The van der Waals surface area contributed by atoms with Gasteiger partial charge in [0.25, 0.3) is 0 Å². The number of hydrogen-bond donors (Lipinski definition) is 1. The monoisotopic (exact) mass is 290 g/mol. The van der Waals surface area contributed by atoms with E-state index in [-0.39, 0.29) is 11.8 Å². The number of hydrogen-bond acceptors (Lipinski definition) is 3. The van der Waals surface area contributed by atoms with Gasteiger partial charge in [-0.1, -0.05) is 34.1 Å². The Balaban J connectivity index is 2.55. The van der Waals surface area contributed by atoms with Crippen molar-refractivity contribution in [2.75, 3.05) is 18.8 Å². The Morgan fingerprint density at radius 2 is 1.79 bits per heavy atom. The van der Waals surface area contributed by atoms with E-state index in [1.807, 2.05) is 0 Å². The van der Waals surface area contributed by atoms with Gasteiger partial charge in [-0.25, -0.2) is 12.7 Å². The smallest absolute Gasteiger partial charge is 0.215 e. The zero-order valence-electron chi connectivity index (χ0n) is 12.9. The van der Waals surface area contributed by atoms with E-state index in [0.717, 1.165) is 25.7 Å². The highest BCUT2D eigenvalue weighted by atomic mass is 32.2. The molecule has 5 heteroatoms. The Morgan fingerprint density at radius 3 is 2.21 bits per heavy atom. The van der Waals surface area contributed by atoms with E-state index >= 15 is 0 Å². The van der Waals surface area contributed by atoms with Crippen molar-refractivity contribution in [2.24, 2.45) is 17.1 Å². The van der Waals surface area contributed by atoms with Crippen LogP contribution in [0.1, 0.15) is 53.4 Å². The van der Waals surface area contributed by atoms with Crippen molar-refractivity contribution in [1.82, 2.24) is 4.31 Å². The van der Waals surface area contributed by atoms with E-state index in [1.165, 1.54) is 0 Å². The topological polar surface area (TPSA) is 63.4 Å². The molecule has 19 heavy (non-hydrogen) atoms. The first-order chi connectivity index (χ1) is 8.68. The average Bonchev–Trinajstić information content (AvgIpc) is 2.27. The SMILES string of the molecule is CCC1(C)CCN(S(=O)(=O)CC(N)CC(C)C)CC1. The highest BCUT2D eigenvalue weighted by Crippen LogP contribution is 2.34. The molecule has 0 spiro atoms. The largest absolute Gasteiger partial charge is 0.327 e. The van der Waals surface area contributed by atoms with Crippen molar-refractivity contribution in [3.8, 4) is 0 Å². The van der Waals surface area contributed by atoms with Crippen LogP contribution in [0.3, 0.4) is 0 Å². The molecule has 1 rings (SSSR count). The highest BCUT2D eigenvalue weighted by molar-refractivity contribution is 7.89. The second-order valence-corrected chi connectivity index (χ2v) is 8.75. The summed E-state index contributed by atoms with van der Waals surface area (Å²) in [6, 6.07) is -0.246. The standard InChI is InChI=1S/C14H30N2O2S/c1-5-14(4)6-8-16(9-7-14)19(17,18)11-13(15)10-12(2)3/h12-13H,5-11,15H2,1-4H3. The van der Waals surface area contributed by atoms with Gasteiger partial charge in [0.2, 0.25) is 10.0 Å². The fraction of sp³-hybridized carbons (Fsp3) is 1.00. The van der Waals surface area contributed by atoms with Gasteiger partial charge in [0.05, 0.1) is 5.75 Å². The van der Waals surface area contributed by atoms with Crippen molar-refractivity contribution in [1.29, 1.82) is 0 Å². The predicted octanol–water partition coefficient (Wildman–Crippen LogP) is 2.20. The lowest BCUT2D eigenvalue weighted by molar-refractivity contribution is 0.168. The zero-order valence-corrected chi connectivity index (χ0v) is 13.7. The van der Waals surface area contributed by atoms with Gasteiger partial charge in [-0.2, -0.15) is 0 Å². The molecule has 0 aromatic heterocycles. The summed E-state index contributed by atoms with van der Waals surface area (Å²) in [4.78, 5) is 0. The lowest BCUT2D eigenvalue weighted by Gasteiger charge is -2.38. The Hall–Kier alpha value is -0.130. The van der Waals surface area contributed by atoms with Gasteiger partial charge in [-0.05, 0) is 30.6 Å². The Kier molecular flexibility index (Phi) is 5.83. The van der Waals surface area contributed by atoms with Gasteiger partial charge in [0.15, 0.2) is 0 Å². The van der Waals surface area contributed by atoms with Crippen molar-refractivity contribution in [3.05, 3.63) is 0 Å². The van der Waals surface area contributed by atoms with E-state index in [0.29, 0.717) is 24.4 Å². The summed E-state index contributed by atoms with van der Waals surface area (Å²) in [5.74, 6) is 0.531. The minimum absolute atomic E-state index is 0.0913. The molecular formula is C14H30N2O2S. The second-order valence-electron chi connectivity index (χ2n) is 6.73. The fourth-order valence-corrected chi connectivity index (χ4v) is 4.33. The molecule has 114 valence electrons. The molecule has 1 aliphatic rings. The maximum atomic E-state index is 12.3. The van der Waals surface area contributed by atoms with E-state index in [9.17, 15) is 8.42 Å². The highest BCUT2D eigenvalue weighted by Gasteiger charge is 2.34. The molecule has 1 saturated heterocycles. The van der Waals surface area contributed by atoms with Crippen LogP contribution in [0.4, 0.5) is 0 Å². The van der Waals surface area contributed by atoms with Gasteiger partial charge in [-0.3, -0.25) is 0 Å². The van der Waals surface area contributed by atoms with Crippen LogP contribution in [0.15, 0.2) is 0 Å². The van der Waals surface area contributed by atoms with E-state index in [4.69, 9.17) is 5.73 Å². The van der Waals surface area contributed by atoms with Gasteiger partial charge in [-0.15, -0.1) is 0 Å². The van der Waals surface area contributed by atoms with Crippen molar-refractivity contribution < 1.29 is 8.42 Å². The molecule has 1 atom stereocenters. The van der Waals surface area contributed by atoms with Crippen LogP contribution in [-0.2, 0) is 10.0 Å². The molecule has 0 aromatic carbocycles. The van der Waals surface area contributed by atoms with Crippen LogP contribution in [-0.4, -0.2) is 37.6 Å². The maximum Gasteiger partial charge on any atom is 0.215 e. The normalized spacial score (nSPS) is 22.6. The molecule has 0 aliphatic carbocycles. The molecule has 0 saturated carbocycles. The molecule has 1 unspecified atom stereocenters. The van der Waals surface area contributed by atoms with E-state index < -0.39 is 10.0 Å². The Morgan fingerprint density at radius 1 is 1.26 bits per heavy atom. The van der Waals surface area contributed by atoms with Gasteiger partial charge >= 0.3 is 0 Å². The Labute approximate surface area is 118 Å². The molecular weight excluding hydrogens is 260 g/mol. The van der Waals surface area contributed by atoms with Crippen molar-refractivity contribution >= 4 is 10.0 Å². The summed E-state index contributed by atoms with van der Waals surface area (Å²) < 4.78 is 26.3. The minimum Gasteiger partial charge on any atom is -0.327 e. The number of piperidine rings is 1. The van der Waals surface area contributed by atoms with E-state index in [1.54, 1.807) is 4.31 Å². The second kappa shape index (κ2) is 6.55. The van der Waals surface area contributed by atoms with Gasteiger partial charge in [0.1, 0.15) is 0 Å². The summed E-state index contributed by atoms with van der Waals surface area (Å²) >= 11 is 0. The Bertz CT molecular complexity index is 371. The maximum absolute atomic E-state index is 12.3. The van der Waals surface area contributed by atoms with Gasteiger partial charge in [0, 0.05) is 19.1 Å². The lowest BCUT2D eigenvalue weighted by atomic mass is 9.79. The first-order valence-corrected chi connectivity index (χ1v) is 9.03. The summed E-state index contributed by atoms with van der Waals surface area (Å²) in [6.45, 7) is 9.88. The molecule has 1 aliphatic heterocycles. The van der Waals surface area contributed by atoms with Crippen LogP contribution in [0, 0.1) is 11.3 Å². The van der Waals surface area contributed by atoms with E-state index in [2.05, 4.69) is 27.7 Å². The summed E-state index contributed by atoms with van der Waals surface area (Å²) in [6.07, 6.45) is 3.80. The van der Waals surface area contributed by atoms with Gasteiger partial charge < -0.3 is 5.73 Å². The van der Waals surface area contributed by atoms with Crippen LogP contribution in [0.25, 0.3) is 0 Å². The molecule has 1 heterocycles.